The minimum absolute atomic E-state index is 0. The van der Waals surface area contributed by atoms with E-state index in [1.54, 1.807) is 12.1 Å². The molecule has 0 heterocycles. The number of anilines is 1. The van der Waals surface area contributed by atoms with Gasteiger partial charge in [0.15, 0.2) is 0 Å². The van der Waals surface area contributed by atoms with Gasteiger partial charge in [0.05, 0.1) is 5.56 Å². The second-order valence-electron chi connectivity index (χ2n) is 4.74. The molecule has 1 aromatic rings. The molecular formula is C16H25ClN2O4. The van der Waals surface area contributed by atoms with E-state index in [0.717, 1.165) is 13.1 Å². The van der Waals surface area contributed by atoms with Crippen molar-refractivity contribution in [3.05, 3.63) is 29.8 Å². The molecule has 0 unspecified atom stereocenters. The van der Waals surface area contributed by atoms with Gasteiger partial charge in [0.25, 0.3) is 0 Å². The number of hydrogen-bond donors (Lipinski definition) is 1. The summed E-state index contributed by atoms with van der Waals surface area (Å²) in [5.41, 5.74) is 0.815. The fourth-order valence-corrected chi connectivity index (χ4v) is 2.08. The van der Waals surface area contributed by atoms with Gasteiger partial charge in [-0.05, 0) is 44.3 Å². The Balaban J connectivity index is 0.00000484. The smallest absolute Gasteiger partial charge is 0.414 e. The Morgan fingerprint density at radius 3 is 2.04 bits per heavy atom. The Bertz CT molecular complexity index is 489. The van der Waals surface area contributed by atoms with Crippen LogP contribution in [0.25, 0.3) is 0 Å². The Labute approximate surface area is 143 Å². The largest absolute Gasteiger partial charge is 0.478 e. The summed E-state index contributed by atoms with van der Waals surface area (Å²) in [5.74, 6) is -0.989. The van der Waals surface area contributed by atoms with Crippen molar-refractivity contribution in [2.75, 3.05) is 37.7 Å². The number of ether oxygens (including phenoxy) is 1. The molecule has 1 N–H and O–H groups in total. The van der Waals surface area contributed by atoms with E-state index in [4.69, 9.17) is 9.84 Å². The van der Waals surface area contributed by atoms with Gasteiger partial charge in [-0.3, -0.25) is 4.90 Å². The topological polar surface area (TPSA) is 70.1 Å². The van der Waals surface area contributed by atoms with Crippen LogP contribution < -0.4 is 4.90 Å². The average molecular weight is 345 g/mol. The molecule has 0 atom stereocenters. The molecule has 1 rings (SSSR count). The maximum absolute atomic E-state index is 12.1. The van der Waals surface area contributed by atoms with Crippen LogP contribution in [0.1, 0.15) is 31.1 Å². The van der Waals surface area contributed by atoms with Gasteiger partial charge in [0.1, 0.15) is 6.61 Å². The summed E-state index contributed by atoms with van der Waals surface area (Å²) in [5, 5.41) is 8.89. The number of halogens is 1. The summed E-state index contributed by atoms with van der Waals surface area (Å²) < 4.78 is 5.29. The molecule has 6 nitrogen and oxygen atoms in total. The van der Waals surface area contributed by atoms with E-state index in [0.29, 0.717) is 25.4 Å². The van der Waals surface area contributed by atoms with Crippen molar-refractivity contribution >= 4 is 30.2 Å². The first-order valence-corrected chi connectivity index (χ1v) is 7.53. The molecule has 0 aliphatic carbocycles. The van der Waals surface area contributed by atoms with Crippen molar-refractivity contribution in [3.63, 3.8) is 0 Å². The van der Waals surface area contributed by atoms with E-state index in [1.807, 2.05) is 6.92 Å². The molecule has 0 aliphatic heterocycles. The first-order chi connectivity index (χ1) is 10.5. The molecule has 0 aliphatic rings. The van der Waals surface area contributed by atoms with E-state index in [-0.39, 0.29) is 18.0 Å². The third kappa shape index (κ3) is 6.46. The number of nitrogens with zero attached hydrogens (tertiary/aromatic N) is 2. The molecule has 0 fully saturated rings. The van der Waals surface area contributed by atoms with Crippen molar-refractivity contribution in [1.82, 2.24) is 4.90 Å². The summed E-state index contributed by atoms with van der Waals surface area (Å²) in [4.78, 5) is 26.6. The van der Waals surface area contributed by atoms with Gasteiger partial charge in [-0.1, -0.05) is 13.8 Å². The zero-order valence-corrected chi connectivity index (χ0v) is 14.6. The molecule has 1 aromatic carbocycles. The van der Waals surface area contributed by atoms with Crippen molar-refractivity contribution in [2.45, 2.75) is 20.8 Å². The first-order valence-electron chi connectivity index (χ1n) is 7.53. The number of carbonyl (C=O) groups excluding carboxylic acids is 1. The summed E-state index contributed by atoms with van der Waals surface area (Å²) >= 11 is 0. The van der Waals surface area contributed by atoms with Crippen LogP contribution in [0, 0.1) is 0 Å². The zero-order chi connectivity index (χ0) is 16.5. The Morgan fingerprint density at radius 2 is 1.61 bits per heavy atom. The highest BCUT2D eigenvalue weighted by molar-refractivity contribution is 5.90. The van der Waals surface area contributed by atoms with E-state index in [9.17, 15) is 9.59 Å². The fraction of sp³-hybridized carbons (Fsp3) is 0.500. The van der Waals surface area contributed by atoms with Crippen LogP contribution in [0.15, 0.2) is 24.3 Å². The lowest BCUT2D eigenvalue weighted by molar-refractivity contribution is 0.0697. The van der Waals surface area contributed by atoms with Crippen molar-refractivity contribution in [2.24, 2.45) is 0 Å². The third-order valence-corrected chi connectivity index (χ3v) is 3.49. The third-order valence-electron chi connectivity index (χ3n) is 3.49. The van der Waals surface area contributed by atoms with Gasteiger partial charge >= 0.3 is 12.1 Å². The van der Waals surface area contributed by atoms with Crippen LogP contribution in [-0.4, -0.2) is 54.9 Å². The van der Waals surface area contributed by atoms with Crippen molar-refractivity contribution in [1.29, 1.82) is 0 Å². The minimum Gasteiger partial charge on any atom is -0.478 e. The molecule has 0 saturated carbocycles. The Hall–Kier alpha value is -1.79. The monoisotopic (exact) mass is 344 g/mol. The number of carboxylic acids is 1. The number of likely N-dealkylation sites (N-methyl/N-ethyl adjacent to an activating group) is 1. The van der Waals surface area contributed by atoms with Gasteiger partial charge in [0.2, 0.25) is 0 Å². The lowest BCUT2D eigenvalue weighted by atomic mass is 10.2. The predicted octanol–water partition coefficient (Wildman–Crippen LogP) is 3.11. The molecule has 0 radical (unpaired) electrons. The second kappa shape index (κ2) is 10.9. The van der Waals surface area contributed by atoms with Gasteiger partial charge < -0.3 is 14.7 Å². The molecule has 0 aromatic heterocycles. The number of rotatable bonds is 8. The maximum Gasteiger partial charge on any atom is 0.414 e. The molecule has 0 bridgehead atoms. The van der Waals surface area contributed by atoms with Gasteiger partial charge in [-0.15, -0.1) is 12.4 Å². The van der Waals surface area contributed by atoms with Crippen LogP contribution >= 0.6 is 12.4 Å². The fourth-order valence-electron chi connectivity index (χ4n) is 2.08. The van der Waals surface area contributed by atoms with Crippen LogP contribution in [-0.2, 0) is 4.74 Å². The Morgan fingerprint density at radius 1 is 1.04 bits per heavy atom. The lowest BCUT2D eigenvalue weighted by Crippen LogP contribution is -2.34. The normalized spacial score (nSPS) is 10.1. The molecule has 0 saturated heterocycles. The van der Waals surface area contributed by atoms with Crippen LogP contribution in [0.2, 0.25) is 0 Å². The standard InChI is InChI=1S/C16H24N2O4.ClH/c1-4-17(5-2)11-12-22-16(21)18(6-3)14-9-7-13(8-10-14)15(19)20;/h7-10H,4-6,11-12H2,1-3H3,(H,19,20);1H. The average Bonchev–Trinajstić information content (AvgIpc) is 2.53. The van der Waals surface area contributed by atoms with Gasteiger partial charge in [0, 0.05) is 18.8 Å². The van der Waals surface area contributed by atoms with E-state index >= 15 is 0 Å². The van der Waals surface area contributed by atoms with Crippen molar-refractivity contribution in [3.8, 4) is 0 Å². The summed E-state index contributed by atoms with van der Waals surface area (Å²) in [6.45, 7) is 9.30. The summed E-state index contributed by atoms with van der Waals surface area (Å²) in [6.07, 6.45) is -0.419. The van der Waals surface area contributed by atoms with Crippen LogP contribution in [0.5, 0.6) is 0 Å². The Kier molecular flexibility index (Phi) is 10.0. The number of carbonyl (C=O) groups is 2. The lowest BCUT2D eigenvalue weighted by Gasteiger charge is -2.22. The number of amides is 1. The molecule has 23 heavy (non-hydrogen) atoms. The van der Waals surface area contributed by atoms with Gasteiger partial charge in [-0.25, -0.2) is 9.59 Å². The van der Waals surface area contributed by atoms with Crippen molar-refractivity contribution < 1.29 is 19.4 Å². The van der Waals surface area contributed by atoms with Crippen LogP contribution in [0.4, 0.5) is 10.5 Å². The van der Waals surface area contributed by atoms with E-state index in [1.165, 1.54) is 17.0 Å². The first kappa shape index (κ1) is 21.2. The maximum atomic E-state index is 12.1. The van der Waals surface area contributed by atoms with Gasteiger partial charge in [-0.2, -0.15) is 0 Å². The quantitative estimate of drug-likeness (QED) is 0.784. The molecule has 130 valence electrons. The van der Waals surface area contributed by atoms with E-state index < -0.39 is 12.1 Å². The number of aromatic carboxylic acids is 1. The minimum atomic E-state index is -0.989. The summed E-state index contributed by atoms with van der Waals surface area (Å²) in [6, 6.07) is 6.17. The number of benzene rings is 1. The van der Waals surface area contributed by atoms with E-state index in [2.05, 4.69) is 18.7 Å². The summed E-state index contributed by atoms with van der Waals surface area (Å²) in [7, 11) is 0. The zero-order valence-electron chi connectivity index (χ0n) is 13.8. The molecular weight excluding hydrogens is 320 g/mol. The highest BCUT2D eigenvalue weighted by Gasteiger charge is 2.16. The number of carboxylic acid groups (broad SMARTS) is 1. The van der Waals surface area contributed by atoms with Crippen LogP contribution in [0.3, 0.4) is 0 Å². The second-order valence-corrected chi connectivity index (χ2v) is 4.74. The predicted molar refractivity (Wildman–Crippen MR) is 92.8 cm³/mol. The molecule has 1 amide bonds. The molecule has 0 spiro atoms. The number of hydrogen-bond acceptors (Lipinski definition) is 4. The molecule has 7 heteroatoms. The SMILES string of the molecule is CCN(CC)CCOC(=O)N(CC)c1ccc(C(=O)O)cc1.Cl. The highest BCUT2D eigenvalue weighted by atomic mass is 35.5. The highest BCUT2D eigenvalue weighted by Crippen LogP contribution is 2.16.